The van der Waals surface area contributed by atoms with E-state index in [-0.39, 0.29) is 24.6 Å². The van der Waals surface area contributed by atoms with Gasteiger partial charge in [-0.25, -0.2) is 26.4 Å². The number of sulfone groups is 2. The molecule has 0 aliphatic carbocycles. The van der Waals surface area contributed by atoms with E-state index in [9.17, 15) is 31.2 Å². The second-order valence-electron chi connectivity index (χ2n) is 7.15. The van der Waals surface area contributed by atoms with Crippen molar-refractivity contribution >= 4 is 31.6 Å². The Labute approximate surface area is 189 Å². The third-order valence-electron chi connectivity index (χ3n) is 4.52. The van der Waals surface area contributed by atoms with Crippen LogP contribution < -0.4 is 5.43 Å². The van der Waals surface area contributed by atoms with Crippen LogP contribution in [0.25, 0.3) is 0 Å². The lowest BCUT2D eigenvalue weighted by atomic mass is 10.1. The normalized spacial score (nSPS) is 16.7. The molecule has 0 atom stereocenters. The molecular weight excluding hydrogens is 478 g/mol. The van der Waals surface area contributed by atoms with Gasteiger partial charge in [0.1, 0.15) is 34.2 Å². The van der Waals surface area contributed by atoms with Crippen molar-refractivity contribution in [2.45, 2.75) is 36.9 Å². The smallest absolute Gasteiger partial charge is 0.345 e. The molecule has 0 fully saturated rings. The van der Waals surface area contributed by atoms with E-state index in [1.54, 1.807) is 0 Å². The summed E-state index contributed by atoms with van der Waals surface area (Å²) < 4.78 is 66.5. The summed E-state index contributed by atoms with van der Waals surface area (Å²) in [5, 5.41) is 0. The molecule has 4 bridgehead atoms. The van der Waals surface area contributed by atoms with Gasteiger partial charge in [-0.05, 0) is 26.0 Å². The van der Waals surface area contributed by atoms with Gasteiger partial charge in [0.2, 0.25) is 5.43 Å². The second kappa shape index (κ2) is 9.43. The molecule has 2 aromatic rings. The van der Waals surface area contributed by atoms with Gasteiger partial charge >= 0.3 is 11.9 Å². The molecule has 0 aromatic carbocycles. The van der Waals surface area contributed by atoms with E-state index in [2.05, 4.69) is 4.98 Å². The van der Waals surface area contributed by atoms with Gasteiger partial charge in [-0.3, -0.25) is 9.78 Å². The van der Waals surface area contributed by atoms with Crippen LogP contribution >= 0.6 is 0 Å². The summed E-state index contributed by atoms with van der Waals surface area (Å²) in [4.78, 5) is 42.3. The molecular formula is C20H21NO10S2. The molecule has 2 aromatic heterocycles. The van der Waals surface area contributed by atoms with Gasteiger partial charge in [0, 0.05) is 0 Å². The van der Waals surface area contributed by atoms with Crippen LogP contribution in [0.3, 0.4) is 0 Å². The molecule has 0 radical (unpaired) electrons. The molecule has 178 valence electrons. The van der Waals surface area contributed by atoms with Gasteiger partial charge in [-0.1, -0.05) is 6.07 Å². The molecule has 1 aliphatic heterocycles. The van der Waals surface area contributed by atoms with Gasteiger partial charge < -0.3 is 13.9 Å². The molecule has 1 aliphatic rings. The summed E-state index contributed by atoms with van der Waals surface area (Å²) in [5.74, 6) is -6.67. The molecule has 0 unspecified atom stereocenters. The lowest BCUT2D eigenvalue weighted by Gasteiger charge is -2.15. The largest absolute Gasteiger partial charge is 0.462 e. The first-order chi connectivity index (χ1) is 15.5. The highest BCUT2D eigenvalue weighted by molar-refractivity contribution is 7.90. The SMILES string of the molecule is CCOC(=O)c1c2oc(c(C(=O)OCC)c1=O)CS(=O)(=O)Cc1cccc(n1)CS(=O)(=O)C2. The van der Waals surface area contributed by atoms with E-state index >= 15 is 0 Å². The van der Waals surface area contributed by atoms with E-state index in [1.807, 2.05) is 0 Å². The molecule has 33 heavy (non-hydrogen) atoms. The predicted molar refractivity (Wildman–Crippen MR) is 114 cm³/mol. The fourth-order valence-electron chi connectivity index (χ4n) is 3.29. The van der Waals surface area contributed by atoms with E-state index < -0.39 is 82.7 Å². The molecule has 0 N–H and O–H groups in total. The summed E-state index contributed by atoms with van der Waals surface area (Å²) in [6.07, 6.45) is 0. The molecule has 3 heterocycles. The summed E-state index contributed by atoms with van der Waals surface area (Å²) in [7, 11) is -8.07. The lowest BCUT2D eigenvalue weighted by Crippen LogP contribution is -2.30. The van der Waals surface area contributed by atoms with Crippen molar-refractivity contribution < 1.29 is 40.3 Å². The Morgan fingerprint density at radius 1 is 0.848 bits per heavy atom. The molecule has 0 spiro atoms. The monoisotopic (exact) mass is 499 g/mol. The second-order valence-corrected chi connectivity index (χ2v) is 11.3. The van der Waals surface area contributed by atoms with Crippen molar-refractivity contribution in [1.29, 1.82) is 0 Å². The average Bonchev–Trinajstić information content (AvgIpc) is 2.66. The Balaban J connectivity index is 2.34. The molecule has 0 amide bonds. The average molecular weight is 500 g/mol. The Bertz CT molecular complexity index is 1280. The Hall–Kier alpha value is -3.06. The Morgan fingerprint density at radius 3 is 1.67 bits per heavy atom. The van der Waals surface area contributed by atoms with Gasteiger partial charge in [0.15, 0.2) is 19.7 Å². The first-order valence-corrected chi connectivity index (χ1v) is 13.5. The zero-order chi connectivity index (χ0) is 24.4. The fraction of sp³-hybridized carbons (Fsp3) is 0.400. The number of esters is 2. The van der Waals surface area contributed by atoms with Crippen molar-refractivity contribution in [2.24, 2.45) is 0 Å². The third kappa shape index (κ3) is 5.66. The minimum Gasteiger partial charge on any atom is -0.462 e. The fourth-order valence-corrected chi connectivity index (χ4v) is 5.93. The predicted octanol–water partition coefficient (Wildman–Crippen LogP) is 0.932. The summed E-state index contributed by atoms with van der Waals surface area (Å²) >= 11 is 0. The molecule has 11 nitrogen and oxygen atoms in total. The number of ether oxygens (including phenoxy) is 2. The van der Waals surface area contributed by atoms with Gasteiger partial charge in [0.05, 0.1) is 36.1 Å². The zero-order valence-corrected chi connectivity index (χ0v) is 19.5. The van der Waals surface area contributed by atoms with Crippen LogP contribution in [0.15, 0.2) is 27.4 Å². The highest BCUT2D eigenvalue weighted by Gasteiger charge is 2.34. The lowest BCUT2D eigenvalue weighted by molar-refractivity contribution is 0.0513. The van der Waals surface area contributed by atoms with Crippen molar-refractivity contribution in [3.05, 3.63) is 62.5 Å². The number of hydrogen-bond acceptors (Lipinski definition) is 11. The van der Waals surface area contributed by atoms with Crippen molar-refractivity contribution in [3.8, 4) is 0 Å². The maximum absolute atomic E-state index is 13.2. The first-order valence-electron chi connectivity index (χ1n) is 9.85. The zero-order valence-electron chi connectivity index (χ0n) is 17.8. The maximum Gasteiger partial charge on any atom is 0.345 e. The third-order valence-corrected chi connectivity index (χ3v) is 7.39. The van der Waals surface area contributed by atoms with E-state index in [1.165, 1.54) is 32.0 Å². The first kappa shape index (κ1) is 24.6. The molecule has 0 saturated carbocycles. The summed E-state index contributed by atoms with van der Waals surface area (Å²) in [6, 6.07) is 4.30. The van der Waals surface area contributed by atoms with E-state index in [0.29, 0.717) is 0 Å². The summed E-state index contributed by atoms with van der Waals surface area (Å²) in [5.41, 5.74) is -2.65. The van der Waals surface area contributed by atoms with Crippen molar-refractivity contribution in [3.63, 3.8) is 0 Å². The number of carbonyl (C=O) groups excluding carboxylic acids is 2. The highest BCUT2D eigenvalue weighted by Crippen LogP contribution is 2.23. The number of carbonyl (C=O) groups is 2. The maximum atomic E-state index is 13.2. The number of rotatable bonds is 4. The van der Waals surface area contributed by atoms with E-state index in [4.69, 9.17) is 13.9 Å². The van der Waals surface area contributed by atoms with Crippen LogP contribution in [0.1, 0.15) is 57.5 Å². The van der Waals surface area contributed by atoms with E-state index in [0.717, 1.165) is 0 Å². The van der Waals surface area contributed by atoms with Crippen LogP contribution in [0.2, 0.25) is 0 Å². The molecule has 0 saturated heterocycles. The van der Waals surface area contributed by atoms with Crippen LogP contribution in [-0.2, 0) is 52.2 Å². The van der Waals surface area contributed by atoms with Gasteiger partial charge in [0.25, 0.3) is 0 Å². The van der Waals surface area contributed by atoms with Crippen LogP contribution in [-0.4, -0.2) is 47.0 Å². The topological polar surface area (TPSA) is 164 Å². The number of aromatic nitrogens is 1. The van der Waals surface area contributed by atoms with Gasteiger partial charge in [-0.2, -0.15) is 0 Å². The number of pyridine rings is 1. The van der Waals surface area contributed by atoms with Crippen LogP contribution in [0.5, 0.6) is 0 Å². The minimum atomic E-state index is -4.03. The highest BCUT2D eigenvalue weighted by atomic mass is 32.2. The Morgan fingerprint density at radius 2 is 1.27 bits per heavy atom. The number of nitrogens with zero attached hydrogens (tertiary/aromatic N) is 1. The standard InChI is InChI=1S/C20H21NO10S2/c1-3-29-19(23)16-14-10-32(25,26)8-12-6-5-7-13(21-12)9-33(27,28)11-15(31-14)17(18(16)22)20(24)30-4-2/h5-7H,3-4,8-11H2,1-2H3. The van der Waals surface area contributed by atoms with Crippen molar-refractivity contribution in [2.75, 3.05) is 13.2 Å². The number of hydrogen-bond donors (Lipinski definition) is 0. The number of fused-ring (bicyclic) bond motifs is 4. The van der Waals surface area contributed by atoms with Gasteiger partial charge in [-0.15, -0.1) is 0 Å². The van der Waals surface area contributed by atoms with Crippen LogP contribution in [0, 0.1) is 0 Å². The summed E-state index contributed by atoms with van der Waals surface area (Å²) in [6.45, 7) is 2.64. The molecule has 3 rings (SSSR count). The quantitative estimate of drug-likeness (QED) is 0.550. The van der Waals surface area contributed by atoms with Crippen LogP contribution in [0.4, 0.5) is 0 Å². The Kier molecular flexibility index (Phi) is 7.03. The molecule has 13 heteroatoms. The minimum absolute atomic E-state index is 0.0895. The van der Waals surface area contributed by atoms with Crippen molar-refractivity contribution in [1.82, 2.24) is 4.98 Å².